The van der Waals surface area contributed by atoms with Crippen molar-refractivity contribution in [1.29, 1.82) is 0 Å². The molecule has 1 aliphatic carbocycles. The van der Waals surface area contributed by atoms with Gasteiger partial charge in [-0.1, -0.05) is 30.3 Å². The molecule has 3 rings (SSSR count). The highest BCUT2D eigenvalue weighted by Gasteiger charge is 2.40. The van der Waals surface area contributed by atoms with E-state index in [0.717, 1.165) is 25.7 Å². The molecule has 1 heterocycles. The number of benzene rings is 1. The maximum Gasteiger partial charge on any atom is 0.335 e. The number of aliphatic hydroxyl groups is 1. The molecule has 0 bridgehead atoms. The Kier molecular flexibility index (Phi) is 5.42. The molecule has 0 aromatic heterocycles. The number of amides is 1. The van der Waals surface area contributed by atoms with Gasteiger partial charge in [-0.3, -0.25) is 4.79 Å². The second-order valence-corrected chi connectivity index (χ2v) is 7.55. The molecule has 0 radical (unpaired) electrons. The van der Waals surface area contributed by atoms with Gasteiger partial charge in [-0.25, -0.2) is 4.79 Å². The molecule has 1 amide bonds. The van der Waals surface area contributed by atoms with Crippen molar-refractivity contribution in [3.05, 3.63) is 35.9 Å². The molecule has 2 N–H and O–H groups in total. The van der Waals surface area contributed by atoms with Crippen molar-refractivity contribution in [2.24, 2.45) is 5.92 Å². The summed E-state index contributed by atoms with van der Waals surface area (Å²) in [4.78, 5) is 25.3. The third kappa shape index (κ3) is 4.21. The number of piperidine rings is 1. The number of likely N-dealkylation sites (tertiary alicyclic amines) is 1. The molecule has 1 saturated heterocycles. The molecule has 5 nitrogen and oxygen atoms in total. The average Bonchev–Trinajstić information content (AvgIpc) is 2.63. The fraction of sp³-hybridized carbons (Fsp3) is 0.600. The molecule has 1 aromatic carbocycles. The summed E-state index contributed by atoms with van der Waals surface area (Å²) < 4.78 is 0. The first-order valence-corrected chi connectivity index (χ1v) is 9.26. The van der Waals surface area contributed by atoms with Gasteiger partial charge in [-0.15, -0.1) is 0 Å². The molecule has 136 valence electrons. The lowest BCUT2D eigenvalue weighted by Gasteiger charge is -2.36. The van der Waals surface area contributed by atoms with Crippen molar-refractivity contribution in [2.75, 3.05) is 13.1 Å². The number of hydrogen-bond donors (Lipinski definition) is 2. The van der Waals surface area contributed by atoms with Crippen LogP contribution in [0, 0.1) is 5.92 Å². The van der Waals surface area contributed by atoms with Gasteiger partial charge in [-0.05, 0) is 43.1 Å². The van der Waals surface area contributed by atoms with Gasteiger partial charge >= 0.3 is 5.97 Å². The van der Waals surface area contributed by atoms with Gasteiger partial charge in [0.05, 0.1) is 0 Å². The number of carboxylic acids is 1. The van der Waals surface area contributed by atoms with E-state index in [4.69, 9.17) is 5.11 Å². The molecule has 2 aliphatic rings. The van der Waals surface area contributed by atoms with Crippen LogP contribution < -0.4 is 0 Å². The van der Waals surface area contributed by atoms with E-state index in [0.29, 0.717) is 31.3 Å². The van der Waals surface area contributed by atoms with Crippen LogP contribution in [-0.2, 0) is 9.59 Å². The minimum Gasteiger partial charge on any atom is -0.479 e. The SMILES string of the molecule is O=C(CC1CCC(c2ccccc2)CC1)N1CCC(O)(C(=O)O)CC1. The van der Waals surface area contributed by atoms with Crippen LogP contribution in [0.25, 0.3) is 0 Å². The summed E-state index contributed by atoms with van der Waals surface area (Å²) in [6.07, 6.45) is 5.18. The number of carbonyl (C=O) groups is 2. The zero-order chi connectivity index (χ0) is 17.9. The first-order chi connectivity index (χ1) is 12.0. The Balaban J connectivity index is 1.45. The van der Waals surface area contributed by atoms with E-state index in [1.54, 1.807) is 4.90 Å². The number of rotatable bonds is 4. The molecule has 5 heteroatoms. The Labute approximate surface area is 148 Å². The summed E-state index contributed by atoms with van der Waals surface area (Å²) >= 11 is 0. The van der Waals surface area contributed by atoms with Crippen molar-refractivity contribution in [3.8, 4) is 0 Å². The highest BCUT2D eigenvalue weighted by Crippen LogP contribution is 2.37. The van der Waals surface area contributed by atoms with Gasteiger partial charge < -0.3 is 15.1 Å². The summed E-state index contributed by atoms with van der Waals surface area (Å²) in [6, 6.07) is 10.6. The first-order valence-electron chi connectivity index (χ1n) is 9.26. The molecule has 1 saturated carbocycles. The predicted octanol–water partition coefficient (Wildman–Crippen LogP) is 2.79. The highest BCUT2D eigenvalue weighted by molar-refractivity contribution is 5.79. The van der Waals surface area contributed by atoms with Crippen LogP contribution in [0.2, 0.25) is 0 Å². The van der Waals surface area contributed by atoms with E-state index < -0.39 is 11.6 Å². The van der Waals surface area contributed by atoms with Gasteiger partial charge in [0.25, 0.3) is 0 Å². The van der Waals surface area contributed by atoms with Gasteiger partial charge in [0.15, 0.2) is 5.60 Å². The van der Waals surface area contributed by atoms with E-state index in [-0.39, 0.29) is 18.7 Å². The molecular formula is C20H27NO4. The monoisotopic (exact) mass is 345 g/mol. The van der Waals surface area contributed by atoms with Gasteiger partial charge in [0.1, 0.15) is 0 Å². The number of carbonyl (C=O) groups excluding carboxylic acids is 1. The summed E-state index contributed by atoms with van der Waals surface area (Å²) in [7, 11) is 0. The quantitative estimate of drug-likeness (QED) is 0.880. The number of carboxylic acid groups (broad SMARTS) is 1. The fourth-order valence-electron chi connectivity index (χ4n) is 4.14. The molecule has 0 unspecified atom stereocenters. The van der Waals surface area contributed by atoms with E-state index >= 15 is 0 Å². The van der Waals surface area contributed by atoms with Crippen LogP contribution >= 0.6 is 0 Å². The van der Waals surface area contributed by atoms with E-state index in [2.05, 4.69) is 24.3 Å². The summed E-state index contributed by atoms with van der Waals surface area (Å²) in [5.41, 5.74) is -0.263. The minimum atomic E-state index is -1.66. The number of nitrogens with zero attached hydrogens (tertiary/aromatic N) is 1. The van der Waals surface area contributed by atoms with Crippen LogP contribution in [0.3, 0.4) is 0 Å². The maximum absolute atomic E-state index is 12.5. The number of aliphatic carboxylic acids is 1. The molecule has 2 fully saturated rings. The summed E-state index contributed by atoms with van der Waals surface area (Å²) in [6.45, 7) is 0.669. The van der Waals surface area contributed by atoms with Crippen LogP contribution in [0.15, 0.2) is 30.3 Å². The predicted molar refractivity (Wildman–Crippen MR) is 94.2 cm³/mol. The van der Waals surface area contributed by atoms with Crippen LogP contribution in [0.4, 0.5) is 0 Å². The lowest BCUT2D eigenvalue weighted by atomic mass is 9.77. The van der Waals surface area contributed by atoms with Crippen molar-refractivity contribution in [2.45, 2.75) is 56.5 Å². The molecule has 0 atom stereocenters. The molecule has 25 heavy (non-hydrogen) atoms. The Morgan fingerprint density at radius 2 is 1.64 bits per heavy atom. The normalized spacial score (nSPS) is 26.2. The molecule has 1 aromatic rings. The summed E-state index contributed by atoms with van der Waals surface area (Å²) in [5, 5.41) is 19.0. The van der Waals surface area contributed by atoms with E-state index in [1.165, 1.54) is 5.56 Å². The Morgan fingerprint density at radius 1 is 1.04 bits per heavy atom. The van der Waals surface area contributed by atoms with Crippen molar-refractivity contribution < 1.29 is 19.8 Å². The van der Waals surface area contributed by atoms with Gasteiger partial charge in [0.2, 0.25) is 5.91 Å². The maximum atomic E-state index is 12.5. The molecule has 0 spiro atoms. The summed E-state index contributed by atoms with van der Waals surface area (Å²) in [5.74, 6) is -0.0460. The minimum absolute atomic E-state index is 0.107. The first kappa shape index (κ1) is 17.9. The van der Waals surface area contributed by atoms with Crippen LogP contribution in [-0.4, -0.2) is 45.7 Å². The smallest absolute Gasteiger partial charge is 0.335 e. The second-order valence-electron chi connectivity index (χ2n) is 7.55. The largest absolute Gasteiger partial charge is 0.479 e. The zero-order valence-electron chi connectivity index (χ0n) is 14.6. The Hall–Kier alpha value is -1.88. The topological polar surface area (TPSA) is 77.8 Å². The second kappa shape index (κ2) is 7.56. The molecular weight excluding hydrogens is 318 g/mol. The van der Waals surface area contributed by atoms with E-state index in [1.807, 2.05) is 6.07 Å². The highest BCUT2D eigenvalue weighted by atomic mass is 16.4. The Morgan fingerprint density at radius 3 is 2.20 bits per heavy atom. The van der Waals surface area contributed by atoms with Crippen molar-refractivity contribution in [3.63, 3.8) is 0 Å². The van der Waals surface area contributed by atoms with E-state index in [9.17, 15) is 14.7 Å². The van der Waals surface area contributed by atoms with Crippen molar-refractivity contribution in [1.82, 2.24) is 4.90 Å². The van der Waals surface area contributed by atoms with Gasteiger partial charge in [-0.2, -0.15) is 0 Å². The molecule has 1 aliphatic heterocycles. The van der Waals surface area contributed by atoms with Crippen molar-refractivity contribution >= 4 is 11.9 Å². The fourth-order valence-corrected chi connectivity index (χ4v) is 4.14. The van der Waals surface area contributed by atoms with Gasteiger partial charge in [0, 0.05) is 32.4 Å². The zero-order valence-corrected chi connectivity index (χ0v) is 14.6. The standard InChI is InChI=1S/C20H27NO4/c22-18(21-12-10-20(25,11-13-21)19(23)24)14-15-6-8-17(9-7-15)16-4-2-1-3-5-16/h1-5,15,17,25H,6-14H2,(H,23,24). The Bertz CT molecular complexity index is 599. The third-order valence-electron chi connectivity index (χ3n) is 5.92. The lowest BCUT2D eigenvalue weighted by molar-refractivity contribution is -0.165. The van der Waals surface area contributed by atoms with Crippen LogP contribution in [0.5, 0.6) is 0 Å². The average molecular weight is 345 g/mol. The third-order valence-corrected chi connectivity index (χ3v) is 5.92. The van der Waals surface area contributed by atoms with Crippen LogP contribution in [0.1, 0.15) is 56.4 Å². The lowest BCUT2D eigenvalue weighted by Crippen LogP contribution is -2.51. The number of hydrogen-bond acceptors (Lipinski definition) is 3.